The van der Waals surface area contributed by atoms with Gasteiger partial charge in [0, 0.05) is 19.5 Å². The zero-order chi connectivity index (χ0) is 21.1. The molecule has 2 aromatic rings. The molecule has 2 aromatic carbocycles. The van der Waals surface area contributed by atoms with Crippen molar-refractivity contribution in [3.05, 3.63) is 70.8 Å². The van der Waals surface area contributed by atoms with Gasteiger partial charge in [-0.15, -0.1) is 0 Å². The van der Waals surface area contributed by atoms with Crippen molar-refractivity contribution in [2.45, 2.75) is 38.8 Å². The molecule has 0 spiro atoms. The van der Waals surface area contributed by atoms with Crippen molar-refractivity contribution < 1.29 is 18.3 Å². The summed E-state index contributed by atoms with van der Waals surface area (Å²) in [6.45, 7) is 4.65. The maximum absolute atomic E-state index is 13.9. The van der Waals surface area contributed by atoms with Crippen LogP contribution in [0.15, 0.2) is 42.5 Å². The number of nitrogens with one attached hydrogen (secondary N) is 1. The fourth-order valence-electron chi connectivity index (χ4n) is 4.05. The minimum atomic E-state index is -0.551. The van der Waals surface area contributed by atoms with E-state index in [0.29, 0.717) is 12.2 Å². The van der Waals surface area contributed by atoms with E-state index in [2.05, 4.69) is 16.3 Å². The monoisotopic (exact) mass is 412 g/mol. The Kier molecular flexibility index (Phi) is 6.13. The number of fused-ring (bicyclic) bond motifs is 1. The van der Waals surface area contributed by atoms with Crippen molar-refractivity contribution in [1.29, 1.82) is 0 Å². The molecule has 2 aliphatic heterocycles. The molecule has 1 N–H and O–H groups in total. The standard InChI is InChI=1S/C24H26F2N2O2/c1-16-5-10-20(26)22-23(16)30-21(27-24(22)29)4-2-3-13-28-14-11-18(12-15-28)17-6-8-19(25)9-7-17/h5-11,21H,2-4,12-15H2,1H3,(H,27,29). The Morgan fingerprint density at radius 2 is 1.93 bits per heavy atom. The van der Waals surface area contributed by atoms with Crippen LogP contribution in [-0.4, -0.2) is 36.7 Å². The van der Waals surface area contributed by atoms with Crippen LogP contribution in [0, 0.1) is 18.6 Å². The highest BCUT2D eigenvalue weighted by Crippen LogP contribution is 2.30. The molecule has 0 fully saturated rings. The molecule has 2 heterocycles. The third-order valence-electron chi connectivity index (χ3n) is 5.78. The average Bonchev–Trinajstić information content (AvgIpc) is 2.75. The number of nitrogens with zero attached hydrogens (tertiary/aromatic N) is 1. The van der Waals surface area contributed by atoms with E-state index in [4.69, 9.17) is 4.74 Å². The molecule has 0 radical (unpaired) electrons. The number of aryl methyl sites for hydroxylation is 1. The summed E-state index contributed by atoms with van der Waals surface area (Å²) in [4.78, 5) is 14.6. The SMILES string of the molecule is Cc1ccc(F)c2c1OC(CCCCN1CC=C(c3ccc(F)cc3)CC1)NC2=O. The van der Waals surface area contributed by atoms with E-state index in [0.717, 1.165) is 50.0 Å². The smallest absolute Gasteiger partial charge is 0.260 e. The Morgan fingerprint density at radius 1 is 1.13 bits per heavy atom. The highest BCUT2D eigenvalue weighted by atomic mass is 19.1. The van der Waals surface area contributed by atoms with Crippen LogP contribution in [0.1, 0.15) is 47.2 Å². The molecule has 30 heavy (non-hydrogen) atoms. The number of hydrogen-bond donors (Lipinski definition) is 1. The molecule has 1 atom stereocenters. The third kappa shape index (κ3) is 4.54. The van der Waals surface area contributed by atoms with Crippen LogP contribution in [0.5, 0.6) is 5.75 Å². The van der Waals surface area contributed by atoms with E-state index in [1.54, 1.807) is 6.07 Å². The number of unbranched alkanes of at least 4 members (excludes halogenated alkanes) is 1. The van der Waals surface area contributed by atoms with Gasteiger partial charge in [-0.1, -0.05) is 24.3 Å². The second kappa shape index (κ2) is 8.96. The topological polar surface area (TPSA) is 41.6 Å². The molecule has 1 unspecified atom stereocenters. The minimum absolute atomic E-state index is 0.00307. The van der Waals surface area contributed by atoms with E-state index < -0.39 is 18.0 Å². The van der Waals surface area contributed by atoms with E-state index in [9.17, 15) is 13.6 Å². The maximum atomic E-state index is 13.9. The van der Waals surface area contributed by atoms with Crippen molar-refractivity contribution in [2.75, 3.05) is 19.6 Å². The van der Waals surface area contributed by atoms with Gasteiger partial charge in [0.1, 0.15) is 22.9 Å². The number of ether oxygens (including phenoxy) is 1. The number of amides is 1. The summed E-state index contributed by atoms with van der Waals surface area (Å²) in [5.41, 5.74) is 3.13. The lowest BCUT2D eigenvalue weighted by atomic mass is 9.99. The molecule has 0 bridgehead atoms. The summed E-state index contributed by atoms with van der Waals surface area (Å²) in [7, 11) is 0. The van der Waals surface area contributed by atoms with Gasteiger partial charge in [0.05, 0.1) is 0 Å². The fraction of sp³-hybridized carbons (Fsp3) is 0.375. The van der Waals surface area contributed by atoms with Crippen molar-refractivity contribution in [1.82, 2.24) is 10.2 Å². The molecular formula is C24H26F2N2O2. The quantitative estimate of drug-likeness (QED) is 0.701. The lowest BCUT2D eigenvalue weighted by molar-refractivity contribution is 0.0722. The van der Waals surface area contributed by atoms with Gasteiger partial charge in [0.25, 0.3) is 5.91 Å². The Morgan fingerprint density at radius 3 is 2.67 bits per heavy atom. The molecule has 2 aliphatic rings. The second-order valence-corrected chi connectivity index (χ2v) is 7.93. The summed E-state index contributed by atoms with van der Waals surface area (Å²) in [6.07, 6.45) is 5.33. The molecule has 4 rings (SSSR count). The average molecular weight is 412 g/mol. The number of halogens is 2. The lowest BCUT2D eigenvalue weighted by Crippen LogP contribution is -2.44. The molecule has 0 aromatic heterocycles. The number of hydrogen-bond acceptors (Lipinski definition) is 3. The van der Waals surface area contributed by atoms with Crippen molar-refractivity contribution in [3.8, 4) is 5.75 Å². The molecule has 0 aliphatic carbocycles. The predicted octanol–water partition coefficient (Wildman–Crippen LogP) is 4.68. The molecule has 0 saturated heterocycles. The summed E-state index contributed by atoms with van der Waals surface area (Å²) in [5, 5.41) is 2.76. The zero-order valence-electron chi connectivity index (χ0n) is 17.1. The first-order valence-electron chi connectivity index (χ1n) is 10.5. The fourth-order valence-corrected chi connectivity index (χ4v) is 4.05. The van der Waals surface area contributed by atoms with E-state index in [1.807, 2.05) is 19.1 Å². The third-order valence-corrected chi connectivity index (χ3v) is 5.78. The van der Waals surface area contributed by atoms with Crippen LogP contribution in [-0.2, 0) is 0 Å². The van der Waals surface area contributed by atoms with Crippen LogP contribution in [0.25, 0.3) is 5.57 Å². The first-order chi connectivity index (χ1) is 14.5. The minimum Gasteiger partial charge on any atom is -0.469 e. The Bertz CT molecular complexity index is 956. The van der Waals surface area contributed by atoms with Crippen LogP contribution in [0.3, 0.4) is 0 Å². The number of carbonyl (C=O) groups excluding carboxylic acids is 1. The van der Waals surface area contributed by atoms with E-state index in [1.165, 1.54) is 23.8 Å². The molecule has 6 heteroatoms. The first kappa shape index (κ1) is 20.5. The van der Waals surface area contributed by atoms with E-state index >= 15 is 0 Å². The van der Waals surface area contributed by atoms with Gasteiger partial charge in [-0.25, -0.2) is 8.78 Å². The van der Waals surface area contributed by atoms with Gasteiger partial charge in [-0.2, -0.15) is 0 Å². The van der Waals surface area contributed by atoms with Crippen LogP contribution >= 0.6 is 0 Å². The van der Waals surface area contributed by atoms with Crippen molar-refractivity contribution in [3.63, 3.8) is 0 Å². The Balaban J connectivity index is 1.23. The van der Waals surface area contributed by atoms with Gasteiger partial charge in [0.15, 0.2) is 6.23 Å². The summed E-state index contributed by atoms with van der Waals surface area (Å²) in [6, 6.07) is 9.60. The lowest BCUT2D eigenvalue weighted by Gasteiger charge is -2.29. The van der Waals surface area contributed by atoms with Crippen molar-refractivity contribution in [2.24, 2.45) is 0 Å². The Labute approximate surface area is 175 Å². The van der Waals surface area contributed by atoms with Gasteiger partial charge >= 0.3 is 0 Å². The number of carbonyl (C=O) groups is 1. The molecule has 4 nitrogen and oxygen atoms in total. The van der Waals surface area contributed by atoms with Crippen LogP contribution in [0.2, 0.25) is 0 Å². The summed E-state index contributed by atoms with van der Waals surface area (Å²) < 4.78 is 32.9. The molecule has 158 valence electrons. The number of rotatable bonds is 6. The first-order valence-corrected chi connectivity index (χ1v) is 10.5. The molecule has 1 amide bonds. The van der Waals surface area contributed by atoms with Crippen LogP contribution < -0.4 is 10.1 Å². The van der Waals surface area contributed by atoms with E-state index in [-0.39, 0.29) is 11.4 Å². The van der Waals surface area contributed by atoms with Gasteiger partial charge in [0.2, 0.25) is 0 Å². The second-order valence-electron chi connectivity index (χ2n) is 7.93. The summed E-state index contributed by atoms with van der Waals surface area (Å²) >= 11 is 0. The maximum Gasteiger partial charge on any atom is 0.260 e. The van der Waals surface area contributed by atoms with Gasteiger partial charge < -0.3 is 10.1 Å². The Hall–Kier alpha value is -2.73. The van der Waals surface area contributed by atoms with Crippen molar-refractivity contribution >= 4 is 11.5 Å². The largest absolute Gasteiger partial charge is 0.469 e. The predicted molar refractivity (Wildman–Crippen MR) is 112 cm³/mol. The zero-order valence-corrected chi connectivity index (χ0v) is 17.1. The van der Waals surface area contributed by atoms with Gasteiger partial charge in [-0.3, -0.25) is 9.69 Å². The summed E-state index contributed by atoms with van der Waals surface area (Å²) in [5.74, 6) is -0.807. The highest BCUT2D eigenvalue weighted by molar-refractivity contribution is 5.98. The van der Waals surface area contributed by atoms with Gasteiger partial charge in [-0.05, 0) is 67.6 Å². The highest BCUT2D eigenvalue weighted by Gasteiger charge is 2.29. The molecule has 0 saturated carbocycles. The normalized spacial score (nSPS) is 19.0. The number of benzene rings is 2. The van der Waals surface area contributed by atoms with Crippen LogP contribution in [0.4, 0.5) is 8.78 Å². The molecular weight excluding hydrogens is 386 g/mol.